The van der Waals surface area contributed by atoms with Crippen LogP contribution >= 0.6 is 11.3 Å². The van der Waals surface area contributed by atoms with Gasteiger partial charge in [-0.2, -0.15) is 0 Å². The van der Waals surface area contributed by atoms with Gasteiger partial charge in [-0.3, -0.25) is 24.7 Å². The summed E-state index contributed by atoms with van der Waals surface area (Å²) in [7, 11) is 0. The van der Waals surface area contributed by atoms with Crippen LogP contribution in [0.2, 0.25) is 0 Å². The lowest BCUT2D eigenvalue weighted by Crippen LogP contribution is -2.25. The molecule has 0 radical (unpaired) electrons. The number of H-pyrrole nitrogens is 1. The van der Waals surface area contributed by atoms with E-state index in [-0.39, 0.29) is 22.5 Å². The van der Waals surface area contributed by atoms with E-state index in [2.05, 4.69) is 25.8 Å². The molecule has 3 N–H and O–H groups in total. The van der Waals surface area contributed by atoms with Crippen molar-refractivity contribution >= 4 is 34.0 Å². The zero-order valence-electron chi connectivity index (χ0n) is 14.0. The van der Waals surface area contributed by atoms with Gasteiger partial charge in [0.25, 0.3) is 11.8 Å². The first-order valence-corrected chi connectivity index (χ1v) is 8.72. The van der Waals surface area contributed by atoms with E-state index >= 15 is 0 Å². The Balaban J connectivity index is 1.73. The fraction of sp³-hybridized carbons (Fsp3) is 0.118. The molecule has 0 saturated carbocycles. The van der Waals surface area contributed by atoms with Crippen LogP contribution in [0.5, 0.6) is 5.75 Å². The Hall–Kier alpha value is -3.53. The molecule has 2 amide bonds. The lowest BCUT2D eigenvalue weighted by Gasteiger charge is -2.19. The Kier molecular flexibility index (Phi) is 4.16. The average molecular weight is 383 g/mol. The molecule has 2 aromatic heterocycles. The van der Waals surface area contributed by atoms with E-state index in [1.54, 1.807) is 24.3 Å². The number of nitrogens with one attached hydrogen (secondary N) is 3. The third kappa shape index (κ3) is 3.42. The van der Waals surface area contributed by atoms with Gasteiger partial charge in [0.1, 0.15) is 5.75 Å². The van der Waals surface area contributed by atoms with E-state index in [0.29, 0.717) is 28.1 Å². The SMILES string of the molecule is Cc1cc(-c2ccc3c(c2)NC(=O)CO3)c(C(=O)Nc2n[nH]c(=O)s2)cn1. The highest BCUT2D eigenvalue weighted by Crippen LogP contribution is 2.34. The lowest BCUT2D eigenvalue weighted by molar-refractivity contribution is -0.118. The lowest BCUT2D eigenvalue weighted by atomic mass is 9.99. The Morgan fingerprint density at radius 3 is 2.93 bits per heavy atom. The van der Waals surface area contributed by atoms with Crippen molar-refractivity contribution in [2.24, 2.45) is 0 Å². The fourth-order valence-corrected chi connectivity index (χ4v) is 3.18. The normalized spacial score (nSPS) is 12.7. The molecule has 136 valence electrons. The zero-order chi connectivity index (χ0) is 19.0. The monoisotopic (exact) mass is 383 g/mol. The number of fused-ring (bicyclic) bond motifs is 1. The van der Waals surface area contributed by atoms with Gasteiger partial charge in [0.15, 0.2) is 6.61 Å². The first-order valence-electron chi connectivity index (χ1n) is 7.90. The summed E-state index contributed by atoms with van der Waals surface area (Å²) in [5.74, 6) is -0.119. The van der Waals surface area contributed by atoms with Crippen LogP contribution in [0.3, 0.4) is 0 Å². The number of hydrogen-bond donors (Lipinski definition) is 3. The van der Waals surface area contributed by atoms with E-state index in [0.717, 1.165) is 17.0 Å². The van der Waals surface area contributed by atoms with Crippen LogP contribution in [0.1, 0.15) is 16.1 Å². The molecule has 9 nitrogen and oxygen atoms in total. The average Bonchev–Trinajstić information content (AvgIpc) is 3.05. The maximum atomic E-state index is 12.7. The number of hydrogen-bond acceptors (Lipinski definition) is 7. The van der Waals surface area contributed by atoms with Gasteiger partial charge in [0.2, 0.25) is 5.13 Å². The number of rotatable bonds is 3. The number of ether oxygens (including phenoxy) is 1. The third-order valence-corrected chi connectivity index (χ3v) is 4.53. The number of benzene rings is 1. The van der Waals surface area contributed by atoms with E-state index < -0.39 is 5.91 Å². The van der Waals surface area contributed by atoms with Crippen molar-refractivity contribution in [2.45, 2.75) is 6.92 Å². The molecule has 0 unspecified atom stereocenters. The van der Waals surface area contributed by atoms with Crippen molar-refractivity contribution < 1.29 is 14.3 Å². The Bertz CT molecular complexity index is 1120. The number of aryl methyl sites for hydroxylation is 1. The highest BCUT2D eigenvalue weighted by atomic mass is 32.1. The zero-order valence-corrected chi connectivity index (χ0v) is 14.8. The second-order valence-electron chi connectivity index (χ2n) is 5.79. The van der Waals surface area contributed by atoms with Crippen LogP contribution in [0.25, 0.3) is 11.1 Å². The minimum Gasteiger partial charge on any atom is -0.482 e. The molecule has 27 heavy (non-hydrogen) atoms. The maximum Gasteiger partial charge on any atom is 0.324 e. The molecule has 1 aromatic carbocycles. The molecule has 3 aromatic rings. The van der Waals surface area contributed by atoms with Crippen molar-refractivity contribution in [3.63, 3.8) is 0 Å². The number of nitrogens with zero attached hydrogens (tertiary/aromatic N) is 2. The van der Waals surface area contributed by atoms with Crippen LogP contribution in [0.4, 0.5) is 10.8 Å². The number of carbonyl (C=O) groups excluding carboxylic acids is 2. The largest absolute Gasteiger partial charge is 0.482 e. The van der Waals surface area contributed by atoms with E-state index in [1.165, 1.54) is 6.20 Å². The molecule has 0 atom stereocenters. The van der Waals surface area contributed by atoms with Crippen LogP contribution < -0.4 is 20.2 Å². The summed E-state index contributed by atoms with van der Waals surface area (Å²) < 4.78 is 5.37. The Morgan fingerprint density at radius 1 is 1.30 bits per heavy atom. The van der Waals surface area contributed by atoms with Gasteiger partial charge in [-0.05, 0) is 47.6 Å². The highest BCUT2D eigenvalue weighted by molar-refractivity contribution is 7.13. The molecule has 0 bridgehead atoms. The molecule has 1 aliphatic heterocycles. The van der Waals surface area contributed by atoms with Gasteiger partial charge in [-0.1, -0.05) is 6.07 Å². The van der Waals surface area contributed by atoms with Gasteiger partial charge in [0, 0.05) is 11.9 Å². The van der Waals surface area contributed by atoms with Gasteiger partial charge in [-0.25, -0.2) is 5.10 Å². The van der Waals surface area contributed by atoms with Crippen LogP contribution in [0, 0.1) is 6.92 Å². The molecule has 3 heterocycles. The predicted molar refractivity (Wildman–Crippen MR) is 99.2 cm³/mol. The number of amides is 2. The van der Waals surface area contributed by atoms with E-state index in [1.807, 2.05) is 6.92 Å². The Labute approximate surface area is 156 Å². The van der Waals surface area contributed by atoms with Crippen molar-refractivity contribution in [2.75, 3.05) is 17.2 Å². The summed E-state index contributed by atoms with van der Waals surface area (Å²) in [6, 6.07) is 7.05. The van der Waals surface area contributed by atoms with Gasteiger partial charge in [0.05, 0.1) is 11.3 Å². The number of aromatic nitrogens is 3. The summed E-state index contributed by atoms with van der Waals surface area (Å²) in [5.41, 5.74) is 2.92. The summed E-state index contributed by atoms with van der Waals surface area (Å²) in [6.45, 7) is 1.79. The van der Waals surface area contributed by atoms with Crippen LogP contribution in [-0.4, -0.2) is 33.6 Å². The topological polar surface area (TPSA) is 126 Å². The van der Waals surface area contributed by atoms with Gasteiger partial charge >= 0.3 is 4.87 Å². The van der Waals surface area contributed by atoms with Crippen molar-refractivity contribution in [1.29, 1.82) is 0 Å². The highest BCUT2D eigenvalue weighted by Gasteiger charge is 2.20. The van der Waals surface area contributed by atoms with Crippen LogP contribution in [0.15, 0.2) is 35.3 Å². The minimum absolute atomic E-state index is 0.0269. The number of anilines is 2. The Morgan fingerprint density at radius 2 is 2.15 bits per heavy atom. The summed E-state index contributed by atoms with van der Waals surface area (Å²) in [4.78, 5) is 39.3. The van der Waals surface area contributed by atoms with Gasteiger partial charge in [-0.15, -0.1) is 5.10 Å². The smallest absolute Gasteiger partial charge is 0.324 e. The molecular weight excluding hydrogens is 370 g/mol. The van der Waals surface area contributed by atoms with E-state index in [9.17, 15) is 14.4 Å². The first-order chi connectivity index (χ1) is 13.0. The standard InChI is InChI=1S/C17H13N5O4S/c1-8-4-10(9-2-3-13-12(5-9)19-14(23)7-26-13)11(6-18-8)15(24)20-16-21-22-17(25)27-16/h2-6H,7H2,1H3,(H,19,23)(H,22,25)(H,20,21,24). The summed E-state index contributed by atoms with van der Waals surface area (Å²) >= 11 is 0.796. The van der Waals surface area contributed by atoms with E-state index in [4.69, 9.17) is 4.74 Å². The molecule has 0 aliphatic carbocycles. The van der Waals surface area contributed by atoms with Crippen LogP contribution in [-0.2, 0) is 4.79 Å². The molecular formula is C17H13N5O4S. The van der Waals surface area contributed by atoms with Gasteiger partial charge < -0.3 is 10.1 Å². The quantitative estimate of drug-likeness (QED) is 0.633. The summed E-state index contributed by atoms with van der Waals surface area (Å²) in [5, 5.41) is 11.5. The van der Waals surface area contributed by atoms with Crippen molar-refractivity contribution in [1.82, 2.24) is 15.2 Å². The predicted octanol–water partition coefficient (Wildman–Crippen LogP) is 1.79. The minimum atomic E-state index is -0.446. The molecule has 4 rings (SSSR count). The second kappa shape index (κ2) is 6.65. The van der Waals surface area contributed by atoms with Crippen molar-refractivity contribution in [3.05, 3.63) is 51.4 Å². The fourth-order valence-electron chi connectivity index (χ4n) is 2.68. The molecule has 0 fully saturated rings. The molecule has 10 heteroatoms. The summed E-state index contributed by atoms with van der Waals surface area (Å²) in [6.07, 6.45) is 1.46. The number of aromatic amines is 1. The van der Waals surface area contributed by atoms with Crippen molar-refractivity contribution in [3.8, 4) is 16.9 Å². The number of carbonyl (C=O) groups is 2. The third-order valence-electron chi connectivity index (χ3n) is 3.87. The molecule has 1 aliphatic rings. The maximum absolute atomic E-state index is 12.7. The first kappa shape index (κ1) is 16.9. The molecule has 0 saturated heterocycles. The number of pyridine rings is 1. The molecule has 0 spiro atoms. The second-order valence-corrected chi connectivity index (χ2v) is 6.75.